The van der Waals surface area contributed by atoms with E-state index in [0.717, 1.165) is 22.3 Å². The third kappa shape index (κ3) is 5.58. The molecule has 0 radical (unpaired) electrons. The molecule has 0 bridgehead atoms. The number of carboxylic acids is 1. The van der Waals surface area contributed by atoms with E-state index in [4.69, 9.17) is 9.84 Å². The summed E-state index contributed by atoms with van der Waals surface area (Å²) in [6.45, 7) is 1.91. The molecule has 31 heavy (non-hydrogen) atoms. The Hall–Kier alpha value is -3.00. The van der Waals surface area contributed by atoms with Gasteiger partial charge in [-0.1, -0.05) is 48.5 Å². The monoisotopic (exact) mass is 442 g/mol. The number of thioether (sulfide) groups is 1. The Morgan fingerprint density at radius 1 is 1.03 bits per heavy atom. The molecule has 164 valence electrons. The Kier molecular flexibility index (Phi) is 7.57. The van der Waals surface area contributed by atoms with Gasteiger partial charge < -0.3 is 20.5 Å². The first kappa shape index (κ1) is 22.7. The number of rotatable bonds is 9. The SMILES string of the molecule is CSCC(C)NC(=O)C(CC(=O)O)NC(=O)OCC1c2ccccc2-c2ccccc21. The molecule has 0 spiro atoms. The highest BCUT2D eigenvalue weighted by atomic mass is 32.2. The van der Waals surface area contributed by atoms with E-state index < -0.39 is 30.4 Å². The fourth-order valence-corrected chi connectivity index (χ4v) is 4.38. The number of amides is 2. The summed E-state index contributed by atoms with van der Waals surface area (Å²) in [6.07, 6.45) is 0.565. The average molecular weight is 443 g/mol. The molecule has 3 N–H and O–H groups in total. The largest absolute Gasteiger partial charge is 0.481 e. The first-order valence-electron chi connectivity index (χ1n) is 10.0. The molecule has 2 atom stereocenters. The zero-order chi connectivity index (χ0) is 22.4. The number of benzene rings is 2. The van der Waals surface area contributed by atoms with Crippen LogP contribution in [0, 0.1) is 0 Å². The fourth-order valence-electron chi connectivity index (χ4n) is 3.80. The van der Waals surface area contributed by atoms with Gasteiger partial charge in [0.25, 0.3) is 0 Å². The van der Waals surface area contributed by atoms with E-state index >= 15 is 0 Å². The molecule has 1 aliphatic carbocycles. The van der Waals surface area contributed by atoms with Crippen molar-refractivity contribution in [2.45, 2.75) is 31.3 Å². The first-order valence-corrected chi connectivity index (χ1v) is 11.4. The van der Waals surface area contributed by atoms with Crippen LogP contribution in [-0.4, -0.2) is 53.8 Å². The zero-order valence-electron chi connectivity index (χ0n) is 17.5. The predicted molar refractivity (Wildman–Crippen MR) is 120 cm³/mol. The van der Waals surface area contributed by atoms with Crippen LogP contribution < -0.4 is 10.6 Å². The van der Waals surface area contributed by atoms with Crippen molar-refractivity contribution in [1.82, 2.24) is 10.6 Å². The standard InChI is InChI=1S/C23H26N2O5S/c1-14(13-31-2)24-22(28)20(11-21(26)27)25-23(29)30-12-19-17-9-5-3-7-15(17)16-8-4-6-10-18(16)19/h3-10,14,19-20H,11-13H2,1-2H3,(H,24,28)(H,25,29)(H,26,27). The number of fused-ring (bicyclic) bond motifs is 3. The molecule has 2 aromatic rings. The molecule has 0 aromatic heterocycles. The van der Waals surface area contributed by atoms with Crippen molar-refractivity contribution in [2.24, 2.45) is 0 Å². The lowest BCUT2D eigenvalue weighted by Crippen LogP contribution is -2.50. The van der Waals surface area contributed by atoms with E-state index in [1.165, 1.54) is 0 Å². The summed E-state index contributed by atoms with van der Waals surface area (Å²) >= 11 is 1.56. The molecule has 0 fully saturated rings. The van der Waals surface area contributed by atoms with Gasteiger partial charge in [-0.25, -0.2) is 4.79 Å². The zero-order valence-corrected chi connectivity index (χ0v) is 18.3. The second-order valence-corrected chi connectivity index (χ2v) is 8.40. The average Bonchev–Trinajstić information content (AvgIpc) is 3.05. The van der Waals surface area contributed by atoms with E-state index in [2.05, 4.69) is 10.6 Å². The van der Waals surface area contributed by atoms with Crippen LogP contribution in [0.15, 0.2) is 48.5 Å². The summed E-state index contributed by atoms with van der Waals surface area (Å²) in [5.74, 6) is -1.17. The number of hydrogen-bond acceptors (Lipinski definition) is 5. The number of nitrogens with one attached hydrogen (secondary N) is 2. The van der Waals surface area contributed by atoms with Crippen LogP contribution >= 0.6 is 11.8 Å². The highest BCUT2D eigenvalue weighted by Crippen LogP contribution is 2.44. The molecule has 2 unspecified atom stereocenters. The Morgan fingerprint density at radius 2 is 1.61 bits per heavy atom. The van der Waals surface area contributed by atoms with Crippen LogP contribution in [0.25, 0.3) is 11.1 Å². The highest BCUT2D eigenvalue weighted by Gasteiger charge is 2.30. The van der Waals surface area contributed by atoms with Crippen molar-refractivity contribution in [1.29, 1.82) is 0 Å². The van der Waals surface area contributed by atoms with Gasteiger partial charge in [-0.2, -0.15) is 11.8 Å². The Balaban J connectivity index is 1.65. The summed E-state index contributed by atoms with van der Waals surface area (Å²) in [4.78, 5) is 36.0. The number of carbonyl (C=O) groups excluding carboxylic acids is 2. The Morgan fingerprint density at radius 3 is 2.16 bits per heavy atom. The lowest BCUT2D eigenvalue weighted by molar-refractivity contribution is -0.139. The molecule has 8 heteroatoms. The molecule has 2 amide bonds. The Bertz CT molecular complexity index is 919. The van der Waals surface area contributed by atoms with Crippen molar-refractivity contribution in [3.05, 3.63) is 59.7 Å². The molecule has 0 saturated heterocycles. The summed E-state index contributed by atoms with van der Waals surface area (Å²) in [5, 5.41) is 14.3. The summed E-state index contributed by atoms with van der Waals surface area (Å²) in [5.41, 5.74) is 4.36. The van der Waals surface area contributed by atoms with E-state index in [-0.39, 0.29) is 18.6 Å². The predicted octanol–water partition coefficient (Wildman–Crippen LogP) is 3.24. The lowest BCUT2D eigenvalue weighted by atomic mass is 9.98. The van der Waals surface area contributed by atoms with Gasteiger partial charge in [-0.05, 0) is 35.4 Å². The second-order valence-electron chi connectivity index (χ2n) is 7.49. The minimum absolute atomic E-state index is 0.0874. The van der Waals surface area contributed by atoms with Gasteiger partial charge in [0.1, 0.15) is 12.6 Å². The second kappa shape index (κ2) is 10.3. The van der Waals surface area contributed by atoms with Crippen LogP contribution in [0.4, 0.5) is 4.79 Å². The van der Waals surface area contributed by atoms with E-state index in [0.29, 0.717) is 5.75 Å². The fraction of sp³-hybridized carbons (Fsp3) is 0.348. The molecule has 3 rings (SSSR count). The van der Waals surface area contributed by atoms with Crippen LogP contribution in [0.5, 0.6) is 0 Å². The minimum atomic E-state index is -1.21. The van der Waals surface area contributed by atoms with Gasteiger partial charge in [-0.15, -0.1) is 0 Å². The van der Waals surface area contributed by atoms with Gasteiger partial charge in [-0.3, -0.25) is 9.59 Å². The van der Waals surface area contributed by atoms with Gasteiger partial charge in [0.15, 0.2) is 0 Å². The third-order valence-corrected chi connectivity index (χ3v) is 5.97. The maximum atomic E-state index is 12.4. The van der Waals surface area contributed by atoms with Crippen LogP contribution in [-0.2, 0) is 14.3 Å². The first-order chi connectivity index (χ1) is 14.9. The molecule has 7 nitrogen and oxygen atoms in total. The van der Waals surface area contributed by atoms with E-state index in [1.807, 2.05) is 61.7 Å². The van der Waals surface area contributed by atoms with Crippen LogP contribution in [0.2, 0.25) is 0 Å². The normalized spacial score (nSPS) is 14.1. The number of hydrogen-bond donors (Lipinski definition) is 3. The Labute approximate surface area is 185 Å². The molecular weight excluding hydrogens is 416 g/mol. The molecule has 1 aliphatic rings. The molecular formula is C23H26N2O5S. The van der Waals surface area contributed by atoms with E-state index in [1.54, 1.807) is 11.8 Å². The van der Waals surface area contributed by atoms with Crippen LogP contribution in [0.3, 0.4) is 0 Å². The summed E-state index contributed by atoms with van der Waals surface area (Å²) < 4.78 is 5.43. The van der Waals surface area contributed by atoms with Crippen molar-refractivity contribution >= 4 is 29.7 Å². The van der Waals surface area contributed by atoms with Gasteiger partial charge in [0, 0.05) is 17.7 Å². The number of aliphatic carboxylic acids is 1. The van der Waals surface area contributed by atoms with Crippen molar-refractivity contribution in [2.75, 3.05) is 18.6 Å². The van der Waals surface area contributed by atoms with Crippen molar-refractivity contribution < 1.29 is 24.2 Å². The number of carbonyl (C=O) groups is 3. The van der Waals surface area contributed by atoms with Gasteiger partial charge in [0.05, 0.1) is 6.42 Å². The topological polar surface area (TPSA) is 105 Å². The maximum Gasteiger partial charge on any atom is 0.407 e. The number of ether oxygens (including phenoxy) is 1. The third-order valence-electron chi connectivity index (χ3n) is 5.14. The molecule has 0 saturated carbocycles. The highest BCUT2D eigenvalue weighted by molar-refractivity contribution is 7.98. The summed E-state index contributed by atoms with van der Waals surface area (Å²) in [7, 11) is 0. The quantitative estimate of drug-likeness (QED) is 0.551. The smallest absolute Gasteiger partial charge is 0.407 e. The maximum absolute atomic E-state index is 12.4. The molecule has 2 aromatic carbocycles. The number of carboxylic acid groups (broad SMARTS) is 1. The molecule has 0 heterocycles. The van der Waals surface area contributed by atoms with Crippen LogP contribution in [0.1, 0.15) is 30.4 Å². The van der Waals surface area contributed by atoms with E-state index in [9.17, 15) is 14.4 Å². The van der Waals surface area contributed by atoms with Gasteiger partial charge in [0.2, 0.25) is 5.91 Å². The van der Waals surface area contributed by atoms with Gasteiger partial charge >= 0.3 is 12.1 Å². The lowest BCUT2D eigenvalue weighted by Gasteiger charge is -2.20. The van der Waals surface area contributed by atoms with Crippen molar-refractivity contribution in [3.63, 3.8) is 0 Å². The summed E-state index contributed by atoms with van der Waals surface area (Å²) in [6, 6.07) is 14.6. The minimum Gasteiger partial charge on any atom is -0.481 e. The van der Waals surface area contributed by atoms with Crippen molar-refractivity contribution in [3.8, 4) is 11.1 Å². The number of alkyl carbamates (subject to hydrolysis) is 1. The molecule has 0 aliphatic heterocycles.